The van der Waals surface area contributed by atoms with Crippen LogP contribution in [0.3, 0.4) is 0 Å². The molecule has 0 spiro atoms. The number of sulfonamides is 1. The fraction of sp³-hybridized carbons (Fsp3) is 0.312. The van der Waals surface area contributed by atoms with Crippen LogP contribution in [-0.2, 0) is 52.3 Å². The minimum atomic E-state index is -4.13. The summed E-state index contributed by atoms with van der Waals surface area (Å²) in [6.45, 7) is 8.31. The van der Waals surface area contributed by atoms with Crippen molar-refractivity contribution < 1.29 is 55.8 Å². The Morgan fingerprint density at radius 3 is 2.48 bits per heavy atom. The van der Waals surface area contributed by atoms with Gasteiger partial charge in [0.25, 0.3) is 0 Å². The molecule has 1 radical (unpaired) electrons. The molecule has 2 aromatic carbocycles. The third kappa shape index (κ3) is 9.31. The van der Waals surface area contributed by atoms with Gasteiger partial charge in [0, 0.05) is 65.7 Å². The molecule has 0 saturated carbocycles. The van der Waals surface area contributed by atoms with E-state index in [1.54, 1.807) is 20.2 Å². The van der Waals surface area contributed by atoms with Crippen molar-refractivity contribution in [2.75, 3.05) is 43.3 Å². The Kier molecular flexibility index (Phi) is 13.5. The van der Waals surface area contributed by atoms with Crippen molar-refractivity contribution in [3.63, 3.8) is 0 Å². The van der Waals surface area contributed by atoms with Gasteiger partial charge in [-0.2, -0.15) is 20.0 Å². The molecule has 1 unspecified atom stereocenters. The first kappa shape index (κ1) is 40.3. The molecule has 20 heteroatoms. The van der Waals surface area contributed by atoms with Gasteiger partial charge in [-0.3, -0.25) is 4.79 Å². The number of nitrogens with one attached hydrogen (secondary N) is 4. The van der Waals surface area contributed by atoms with Gasteiger partial charge in [-0.05, 0) is 63.4 Å². The van der Waals surface area contributed by atoms with Crippen LogP contribution < -0.4 is 20.7 Å². The minimum absolute atomic E-state index is 0. The van der Waals surface area contributed by atoms with Crippen LogP contribution >= 0.6 is 11.3 Å². The van der Waals surface area contributed by atoms with E-state index in [1.807, 2.05) is 20.8 Å². The molecular weight excluding hydrogens is 785 g/mol. The quantitative estimate of drug-likeness (QED) is 0.0652. The summed E-state index contributed by atoms with van der Waals surface area (Å²) in [6, 6.07) is 9.14. The number of carboxylic acids is 1. The van der Waals surface area contributed by atoms with Gasteiger partial charge in [0.1, 0.15) is 17.7 Å². The number of carbonyl (C=O) groups is 1. The van der Waals surface area contributed by atoms with E-state index < -0.39 is 22.0 Å². The van der Waals surface area contributed by atoms with Gasteiger partial charge in [0.05, 0.1) is 21.3 Å². The fourth-order valence-electron chi connectivity index (χ4n) is 5.01. The largest absolute Gasteiger partial charge is 0.480 e. The summed E-state index contributed by atoms with van der Waals surface area (Å²) in [5, 5.41) is 42.5. The van der Waals surface area contributed by atoms with Gasteiger partial charge >= 0.3 is 5.97 Å². The molecule has 5 N–H and O–H groups in total. The van der Waals surface area contributed by atoms with Gasteiger partial charge in [0.2, 0.25) is 26.9 Å². The maximum absolute atomic E-state index is 12.8. The molecule has 17 nitrogen and oxygen atoms in total. The van der Waals surface area contributed by atoms with Crippen LogP contribution in [0.1, 0.15) is 35.6 Å². The number of methoxy groups -OCH3 is 1. The van der Waals surface area contributed by atoms with Crippen LogP contribution in [0.4, 0.5) is 34.8 Å². The molecule has 1 atom stereocenters. The zero-order valence-electron chi connectivity index (χ0n) is 29.2. The van der Waals surface area contributed by atoms with Crippen LogP contribution in [0.25, 0.3) is 15.3 Å². The molecular formula is C32H36N12O5S2Y. The van der Waals surface area contributed by atoms with E-state index in [-0.39, 0.29) is 54.7 Å². The third-order valence-corrected chi connectivity index (χ3v) is 10.0. The monoisotopic (exact) mass is 821 g/mol. The zero-order chi connectivity index (χ0) is 36.9. The van der Waals surface area contributed by atoms with Gasteiger partial charge in [-0.1, -0.05) is 29.0 Å². The second-order valence-corrected chi connectivity index (χ2v) is 14.2. The average Bonchev–Trinajstić information content (AvgIpc) is 3.71. The Morgan fingerprint density at radius 1 is 1.12 bits per heavy atom. The molecule has 3 aromatic heterocycles. The SMILES string of the molecule is CNc1nc(NCCCOC)c(N=Nc2nn(-c3nc4cc(S(=O)(=O)NC(C)C(=O)O)ccc4s3)cc2C#N)c(Nc2c(C)cc(C)cc2C)n1.[Y]. The summed E-state index contributed by atoms with van der Waals surface area (Å²) in [4.78, 5) is 24.8. The van der Waals surface area contributed by atoms with E-state index >= 15 is 0 Å². The van der Waals surface area contributed by atoms with Gasteiger partial charge in [0.15, 0.2) is 17.3 Å². The van der Waals surface area contributed by atoms with E-state index in [9.17, 15) is 18.5 Å². The van der Waals surface area contributed by atoms with Crippen LogP contribution in [0.15, 0.2) is 51.7 Å². The Morgan fingerprint density at radius 2 is 1.83 bits per heavy atom. The first-order valence-electron chi connectivity index (χ1n) is 15.6. The number of anilines is 4. The number of aromatic nitrogens is 5. The Balaban J connectivity index is 0.00000605. The number of ether oxygens (including phenoxy) is 1. The summed E-state index contributed by atoms with van der Waals surface area (Å²) in [5.74, 6) is -0.208. The number of rotatable bonds is 15. The summed E-state index contributed by atoms with van der Waals surface area (Å²) < 4.78 is 34.8. The van der Waals surface area contributed by atoms with Crippen molar-refractivity contribution in [2.45, 2.75) is 45.1 Å². The number of carboxylic acid groups (broad SMARTS) is 1. The topological polar surface area (TPSA) is 234 Å². The van der Waals surface area contributed by atoms with Crippen molar-refractivity contribution >= 4 is 72.3 Å². The van der Waals surface area contributed by atoms with Crippen molar-refractivity contribution in [1.82, 2.24) is 29.5 Å². The molecule has 3 heterocycles. The van der Waals surface area contributed by atoms with Crippen molar-refractivity contribution in [2.24, 2.45) is 10.2 Å². The number of aryl methyl sites for hydroxylation is 3. The van der Waals surface area contributed by atoms with Crippen LogP contribution in [-0.4, -0.2) is 77.6 Å². The fourth-order valence-corrected chi connectivity index (χ4v) is 7.10. The molecule has 0 bridgehead atoms. The number of aliphatic carboxylic acids is 1. The van der Waals surface area contributed by atoms with E-state index in [2.05, 4.69) is 69.2 Å². The molecule has 5 aromatic rings. The summed E-state index contributed by atoms with van der Waals surface area (Å²) >= 11 is 1.20. The number of nitriles is 1. The molecule has 0 aliphatic heterocycles. The summed E-state index contributed by atoms with van der Waals surface area (Å²) in [7, 11) is -0.791. The smallest absolute Gasteiger partial charge is 0.321 e. The first-order chi connectivity index (χ1) is 24.3. The maximum Gasteiger partial charge on any atom is 0.321 e. The number of benzene rings is 2. The Labute approximate surface area is 329 Å². The van der Waals surface area contributed by atoms with Crippen molar-refractivity contribution in [1.29, 1.82) is 5.26 Å². The Bertz CT molecular complexity index is 2260. The molecule has 269 valence electrons. The second kappa shape index (κ2) is 17.4. The molecule has 0 saturated heterocycles. The average molecular weight is 822 g/mol. The predicted molar refractivity (Wildman–Crippen MR) is 194 cm³/mol. The van der Waals surface area contributed by atoms with Gasteiger partial charge in [-0.25, -0.2) is 18.1 Å². The predicted octanol–water partition coefficient (Wildman–Crippen LogP) is 5.47. The third-order valence-electron chi connectivity index (χ3n) is 7.46. The molecule has 5 rings (SSSR count). The van der Waals surface area contributed by atoms with Crippen LogP contribution in [0.2, 0.25) is 0 Å². The molecule has 0 amide bonds. The number of fused-ring (bicyclic) bond motifs is 1. The Hall–Kier alpha value is -4.45. The maximum atomic E-state index is 12.8. The standard InChI is InChI=1S/C32H36N12O5S2.Y/c1-17-12-18(2)25(19(3)13-17)37-29-26(28(35-10-7-11-49-6)38-31(34-5)39-29)40-41-27-21(15-33)16-44(42-27)32-36-23-14-22(8-9-24(23)50-32)51(47,48)43-20(4)30(45)46;/h8-9,12-14,16,20,43H,7,10-11H2,1-6H3,(H,45,46)(H3,34,35,37,38,39);. The van der Waals surface area contributed by atoms with Crippen molar-refractivity contribution in [3.05, 3.63) is 58.8 Å². The molecule has 0 fully saturated rings. The normalized spacial score (nSPS) is 12.0. The number of azo groups is 1. The first-order valence-corrected chi connectivity index (χ1v) is 17.9. The van der Waals surface area contributed by atoms with E-state index in [0.29, 0.717) is 52.5 Å². The van der Waals surface area contributed by atoms with Crippen molar-refractivity contribution in [3.8, 4) is 11.2 Å². The van der Waals surface area contributed by atoms with E-state index in [1.165, 1.54) is 41.3 Å². The second-order valence-electron chi connectivity index (χ2n) is 11.4. The summed E-state index contributed by atoms with van der Waals surface area (Å²) in [6.07, 6.45) is 2.14. The van der Waals surface area contributed by atoms with Gasteiger partial charge < -0.3 is 25.8 Å². The van der Waals surface area contributed by atoms with E-state index in [4.69, 9.17) is 9.84 Å². The van der Waals surface area contributed by atoms with Crippen LogP contribution in [0.5, 0.6) is 0 Å². The van der Waals surface area contributed by atoms with E-state index in [0.717, 1.165) is 22.4 Å². The zero-order valence-corrected chi connectivity index (χ0v) is 33.7. The molecule has 0 aliphatic rings. The molecule has 0 aliphatic carbocycles. The number of nitrogens with zero attached hydrogens (tertiary/aromatic N) is 8. The number of hydrogen-bond donors (Lipinski definition) is 5. The number of hydrogen-bond acceptors (Lipinski definition) is 15. The molecule has 52 heavy (non-hydrogen) atoms. The summed E-state index contributed by atoms with van der Waals surface area (Å²) in [5.41, 5.74) is 4.71. The minimum Gasteiger partial charge on any atom is -0.480 e. The number of thiazole rings is 1. The van der Waals surface area contributed by atoms with Gasteiger partial charge in [-0.15, -0.1) is 15.3 Å². The van der Waals surface area contributed by atoms with Crippen LogP contribution in [0, 0.1) is 32.1 Å².